The van der Waals surface area contributed by atoms with Gasteiger partial charge >= 0.3 is 18.2 Å². The molecule has 6 nitrogen and oxygen atoms in total. The average molecular weight is 371 g/mol. The van der Waals surface area contributed by atoms with Gasteiger partial charge in [0.05, 0.1) is 10.6 Å². The highest BCUT2D eigenvalue weighted by molar-refractivity contribution is 6.31. The molecule has 0 heterocycles. The molecule has 1 amide bonds. The van der Waals surface area contributed by atoms with Crippen LogP contribution in [0.25, 0.3) is 0 Å². The molecule has 1 aromatic carbocycles. The quantitative estimate of drug-likeness (QED) is 0.381. The van der Waals surface area contributed by atoms with Crippen LogP contribution in [0.4, 0.5) is 22.4 Å². The Morgan fingerprint density at radius 1 is 1.38 bits per heavy atom. The van der Waals surface area contributed by atoms with Crippen molar-refractivity contribution >= 4 is 29.4 Å². The standard InChI is InChI=1S/C13H11ClF4N2O4/c1-6(21)24-5-10(19-20(2)12(22)23)7-3-8(13(16,17)18)11(14)9(15)4-7/h3-4H,5H2,1-2H3,(H,22,23)/b19-10+. The van der Waals surface area contributed by atoms with Gasteiger partial charge in [0.15, 0.2) is 0 Å². The number of carbonyl (C=O) groups excluding carboxylic acids is 1. The van der Waals surface area contributed by atoms with Crippen molar-refractivity contribution in [3.05, 3.63) is 34.1 Å². The van der Waals surface area contributed by atoms with Crippen molar-refractivity contribution in [3.63, 3.8) is 0 Å². The van der Waals surface area contributed by atoms with Crippen LogP contribution in [0.3, 0.4) is 0 Å². The van der Waals surface area contributed by atoms with Crippen LogP contribution in [-0.4, -0.2) is 41.5 Å². The Morgan fingerprint density at radius 2 is 1.96 bits per heavy atom. The number of benzene rings is 1. The predicted molar refractivity (Wildman–Crippen MR) is 75.4 cm³/mol. The van der Waals surface area contributed by atoms with Crippen LogP contribution in [0.1, 0.15) is 18.1 Å². The number of rotatable bonds is 4. The minimum absolute atomic E-state index is 0.374. The fourth-order valence-corrected chi connectivity index (χ4v) is 1.74. The lowest BCUT2D eigenvalue weighted by Gasteiger charge is -2.15. The van der Waals surface area contributed by atoms with E-state index in [0.717, 1.165) is 14.0 Å². The highest BCUT2D eigenvalue weighted by atomic mass is 35.5. The van der Waals surface area contributed by atoms with Gasteiger partial charge < -0.3 is 9.84 Å². The summed E-state index contributed by atoms with van der Waals surface area (Å²) >= 11 is 5.31. The molecule has 0 bridgehead atoms. The van der Waals surface area contributed by atoms with Crippen molar-refractivity contribution in [3.8, 4) is 0 Å². The number of amides is 1. The van der Waals surface area contributed by atoms with E-state index >= 15 is 0 Å². The van der Waals surface area contributed by atoms with Crippen LogP contribution in [0.15, 0.2) is 17.2 Å². The van der Waals surface area contributed by atoms with Crippen LogP contribution < -0.4 is 0 Å². The van der Waals surface area contributed by atoms with Gasteiger partial charge in [-0.25, -0.2) is 14.2 Å². The number of ether oxygens (including phenoxy) is 1. The van der Waals surface area contributed by atoms with Crippen molar-refractivity contribution in [1.82, 2.24) is 5.01 Å². The second-order valence-corrected chi connectivity index (χ2v) is 4.83. The fourth-order valence-electron chi connectivity index (χ4n) is 1.53. The summed E-state index contributed by atoms with van der Waals surface area (Å²) in [6.45, 7) is 0.368. The molecule has 0 aliphatic heterocycles. The van der Waals surface area contributed by atoms with E-state index in [9.17, 15) is 27.2 Å². The van der Waals surface area contributed by atoms with Crippen LogP contribution >= 0.6 is 11.6 Å². The Balaban J connectivity index is 3.44. The molecule has 0 saturated heterocycles. The van der Waals surface area contributed by atoms with Gasteiger partial charge in [0.25, 0.3) is 0 Å². The number of hydrogen-bond donors (Lipinski definition) is 1. The first kappa shape index (κ1) is 19.7. The highest BCUT2D eigenvalue weighted by Gasteiger charge is 2.35. The molecule has 0 atom stereocenters. The number of halogens is 5. The summed E-state index contributed by atoms with van der Waals surface area (Å²) in [7, 11) is 0.993. The monoisotopic (exact) mass is 370 g/mol. The smallest absolute Gasteiger partial charge is 0.427 e. The Kier molecular flexibility index (Phi) is 6.13. The van der Waals surface area contributed by atoms with Crippen LogP contribution in [0.5, 0.6) is 0 Å². The van der Waals surface area contributed by atoms with E-state index < -0.39 is 52.5 Å². The summed E-state index contributed by atoms with van der Waals surface area (Å²) in [6.07, 6.45) is -6.47. The van der Waals surface area contributed by atoms with Gasteiger partial charge in [-0.15, -0.1) is 0 Å². The molecular formula is C13H11ClF4N2O4. The first-order valence-corrected chi connectivity index (χ1v) is 6.55. The van der Waals surface area contributed by atoms with Crippen molar-refractivity contribution in [2.45, 2.75) is 13.1 Å². The molecule has 0 aromatic heterocycles. The molecule has 1 rings (SSSR count). The summed E-state index contributed by atoms with van der Waals surface area (Å²) in [4.78, 5) is 21.7. The van der Waals surface area contributed by atoms with Crippen LogP contribution in [-0.2, 0) is 15.7 Å². The number of carboxylic acid groups (broad SMARTS) is 1. The van der Waals surface area contributed by atoms with E-state index in [0.29, 0.717) is 17.1 Å². The second-order valence-electron chi connectivity index (χ2n) is 4.45. The molecular weight excluding hydrogens is 360 g/mol. The van der Waals surface area contributed by atoms with E-state index in [1.807, 2.05) is 0 Å². The molecule has 1 aromatic rings. The maximum Gasteiger partial charge on any atom is 0.427 e. The maximum atomic E-state index is 13.7. The normalized spacial score (nSPS) is 12.0. The molecule has 0 aliphatic carbocycles. The fraction of sp³-hybridized carbons (Fsp3) is 0.308. The molecule has 24 heavy (non-hydrogen) atoms. The first-order valence-electron chi connectivity index (χ1n) is 6.17. The summed E-state index contributed by atoms with van der Waals surface area (Å²) in [5, 5.41) is 11.5. The van der Waals surface area contributed by atoms with Crippen LogP contribution in [0, 0.1) is 5.82 Å². The van der Waals surface area contributed by atoms with Gasteiger partial charge in [-0.2, -0.15) is 18.3 Å². The van der Waals surface area contributed by atoms with Gasteiger partial charge in [0, 0.05) is 19.5 Å². The van der Waals surface area contributed by atoms with Crippen molar-refractivity contribution in [2.75, 3.05) is 13.7 Å². The largest absolute Gasteiger partial charge is 0.464 e. The Bertz CT molecular complexity index is 691. The molecule has 0 saturated carbocycles. The number of hydrogen-bond acceptors (Lipinski definition) is 4. The zero-order valence-electron chi connectivity index (χ0n) is 12.3. The minimum atomic E-state index is -4.95. The van der Waals surface area contributed by atoms with E-state index in [1.54, 1.807) is 0 Å². The Labute approximate surface area is 138 Å². The maximum absolute atomic E-state index is 13.7. The van der Waals surface area contributed by atoms with E-state index in [2.05, 4.69) is 9.84 Å². The van der Waals surface area contributed by atoms with Gasteiger partial charge in [-0.05, 0) is 12.1 Å². The molecule has 0 aliphatic rings. The number of alkyl halides is 3. The Hall–Kier alpha value is -2.36. The number of hydrazone groups is 1. The molecule has 0 spiro atoms. The SMILES string of the molecule is CC(=O)OC/C(=N\N(C)C(=O)O)c1cc(F)c(Cl)c(C(F)(F)F)c1. The van der Waals surface area contributed by atoms with Crippen molar-refractivity contribution in [2.24, 2.45) is 5.10 Å². The lowest BCUT2D eigenvalue weighted by atomic mass is 10.1. The van der Waals surface area contributed by atoms with E-state index in [4.69, 9.17) is 16.7 Å². The zero-order chi connectivity index (χ0) is 18.7. The number of nitrogens with zero attached hydrogens (tertiary/aromatic N) is 2. The summed E-state index contributed by atoms with van der Waals surface area (Å²) < 4.78 is 57.0. The topological polar surface area (TPSA) is 79.2 Å². The molecule has 1 N–H and O–H groups in total. The average Bonchev–Trinajstić information content (AvgIpc) is 2.44. The van der Waals surface area contributed by atoms with Crippen molar-refractivity contribution < 1.29 is 37.0 Å². The molecule has 0 unspecified atom stereocenters. The Morgan fingerprint density at radius 3 is 2.42 bits per heavy atom. The third-order valence-corrected chi connectivity index (χ3v) is 3.01. The molecule has 0 radical (unpaired) electrons. The minimum Gasteiger partial charge on any atom is -0.464 e. The van der Waals surface area contributed by atoms with Gasteiger partial charge in [-0.1, -0.05) is 11.6 Å². The van der Waals surface area contributed by atoms with Crippen LogP contribution in [0.2, 0.25) is 5.02 Å². The lowest BCUT2D eigenvalue weighted by molar-refractivity contribution is -0.139. The third-order valence-electron chi connectivity index (χ3n) is 2.63. The third kappa shape index (κ3) is 5.08. The predicted octanol–water partition coefficient (Wildman–Crippen LogP) is 3.37. The first-order chi connectivity index (χ1) is 10.9. The zero-order valence-corrected chi connectivity index (χ0v) is 13.1. The molecule has 0 fully saturated rings. The summed E-state index contributed by atoms with van der Waals surface area (Å²) in [6, 6.07) is 1.12. The van der Waals surface area contributed by atoms with E-state index in [1.165, 1.54) is 0 Å². The van der Waals surface area contributed by atoms with Gasteiger partial charge in [-0.3, -0.25) is 4.79 Å². The molecule has 11 heteroatoms. The van der Waals surface area contributed by atoms with E-state index in [-0.39, 0.29) is 0 Å². The lowest BCUT2D eigenvalue weighted by Crippen LogP contribution is -2.24. The van der Waals surface area contributed by atoms with Gasteiger partial charge in [0.2, 0.25) is 0 Å². The highest BCUT2D eigenvalue weighted by Crippen LogP contribution is 2.36. The summed E-state index contributed by atoms with van der Waals surface area (Å²) in [5.41, 5.74) is -2.30. The number of esters is 1. The molecule has 132 valence electrons. The van der Waals surface area contributed by atoms with Crippen molar-refractivity contribution in [1.29, 1.82) is 0 Å². The number of carbonyl (C=O) groups is 2. The second kappa shape index (κ2) is 7.47. The summed E-state index contributed by atoms with van der Waals surface area (Å²) in [5.74, 6) is -2.17. The van der Waals surface area contributed by atoms with Gasteiger partial charge in [0.1, 0.15) is 18.1 Å².